The Balaban J connectivity index is 1.81. The molecule has 2 amide bonds. The number of nitrogens with zero attached hydrogens (tertiary/aromatic N) is 1. The summed E-state index contributed by atoms with van der Waals surface area (Å²) < 4.78 is 24.2. The first-order valence-electron chi connectivity index (χ1n) is 12.1. The van der Waals surface area contributed by atoms with E-state index in [0.717, 1.165) is 10.9 Å². The van der Waals surface area contributed by atoms with Gasteiger partial charge >= 0.3 is 12.1 Å². The fraction of sp³-hybridized carbons (Fsp3) is 0.321. The van der Waals surface area contributed by atoms with Crippen LogP contribution in [0, 0.1) is 5.82 Å². The molecule has 1 aromatic heterocycles. The number of halogens is 1. The van der Waals surface area contributed by atoms with Crippen LogP contribution in [0.3, 0.4) is 0 Å². The molecule has 0 radical (unpaired) electrons. The average molecular weight is 508 g/mol. The Morgan fingerprint density at radius 3 is 2.49 bits per heavy atom. The Morgan fingerprint density at radius 1 is 1.14 bits per heavy atom. The smallest absolute Gasteiger partial charge is 0.412 e. The number of aromatic nitrogens is 1. The Labute approximate surface area is 214 Å². The van der Waals surface area contributed by atoms with E-state index >= 15 is 0 Å². The third-order valence-corrected chi connectivity index (χ3v) is 6.03. The van der Waals surface area contributed by atoms with E-state index in [-0.39, 0.29) is 30.7 Å². The zero-order chi connectivity index (χ0) is 26.9. The highest BCUT2D eigenvalue weighted by atomic mass is 19.1. The quantitative estimate of drug-likeness (QED) is 0.466. The molecule has 0 fully saturated rings. The third-order valence-electron chi connectivity index (χ3n) is 6.03. The van der Waals surface area contributed by atoms with Crippen molar-refractivity contribution in [2.24, 2.45) is 0 Å². The van der Waals surface area contributed by atoms with E-state index in [4.69, 9.17) is 9.47 Å². The first-order valence-corrected chi connectivity index (χ1v) is 12.1. The molecular formula is C28H30FN3O5. The summed E-state index contributed by atoms with van der Waals surface area (Å²) in [4.78, 5) is 43.3. The number of amides is 2. The van der Waals surface area contributed by atoms with Crippen molar-refractivity contribution in [2.45, 2.75) is 46.1 Å². The van der Waals surface area contributed by atoms with Crippen LogP contribution in [0.1, 0.15) is 56.2 Å². The summed E-state index contributed by atoms with van der Waals surface area (Å²) in [6.07, 6.45) is 0.921. The van der Waals surface area contributed by atoms with Gasteiger partial charge in [-0.15, -0.1) is 0 Å². The molecule has 1 aliphatic heterocycles. The zero-order valence-corrected chi connectivity index (χ0v) is 21.5. The van der Waals surface area contributed by atoms with E-state index in [9.17, 15) is 18.8 Å². The van der Waals surface area contributed by atoms with Gasteiger partial charge in [0.15, 0.2) is 0 Å². The van der Waals surface area contributed by atoms with Gasteiger partial charge in [0.05, 0.1) is 17.9 Å². The molecule has 2 heterocycles. The summed E-state index contributed by atoms with van der Waals surface area (Å²) in [7, 11) is 0. The Bertz CT molecular complexity index is 1390. The molecule has 0 saturated carbocycles. The summed E-state index contributed by atoms with van der Waals surface area (Å²) in [5, 5.41) is 3.50. The Hall–Kier alpha value is -4.14. The molecule has 1 aliphatic rings. The number of carbonyl (C=O) groups is 3. The van der Waals surface area contributed by atoms with Crippen LogP contribution in [-0.4, -0.2) is 47.0 Å². The number of rotatable bonds is 5. The van der Waals surface area contributed by atoms with Crippen molar-refractivity contribution < 1.29 is 28.2 Å². The zero-order valence-electron chi connectivity index (χ0n) is 21.5. The van der Waals surface area contributed by atoms with Gasteiger partial charge in [0, 0.05) is 46.7 Å². The van der Waals surface area contributed by atoms with Crippen LogP contribution < -0.4 is 10.1 Å². The number of carbonyl (C=O) groups excluding carboxylic acids is 3. The van der Waals surface area contributed by atoms with Crippen LogP contribution in [-0.2, 0) is 14.9 Å². The molecule has 2 aromatic carbocycles. The van der Waals surface area contributed by atoms with Crippen LogP contribution >= 0.6 is 0 Å². The van der Waals surface area contributed by atoms with Crippen molar-refractivity contribution in [1.29, 1.82) is 0 Å². The second kappa shape index (κ2) is 10.1. The average Bonchev–Trinajstić information content (AvgIpc) is 3.15. The van der Waals surface area contributed by atoms with Crippen molar-refractivity contribution in [3.8, 4) is 5.75 Å². The lowest BCUT2D eigenvalue weighted by atomic mass is 9.81. The van der Waals surface area contributed by atoms with Gasteiger partial charge in [0.25, 0.3) is 5.91 Å². The van der Waals surface area contributed by atoms with Crippen LogP contribution in [0.4, 0.5) is 9.18 Å². The predicted octanol–water partition coefficient (Wildman–Crippen LogP) is 5.14. The minimum atomic E-state index is -0.606. The Morgan fingerprint density at radius 2 is 1.84 bits per heavy atom. The van der Waals surface area contributed by atoms with Gasteiger partial charge in [-0.25, -0.2) is 14.0 Å². The van der Waals surface area contributed by atoms with Crippen molar-refractivity contribution in [3.63, 3.8) is 0 Å². The number of hydrogen-bond acceptors (Lipinski definition) is 5. The topological polar surface area (TPSA) is 101 Å². The van der Waals surface area contributed by atoms with Gasteiger partial charge in [0.2, 0.25) is 0 Å². The molecule has 194 valence electrons. The number of benzene rings is 2. The van der Waals surface area contributed by atoms with Crippen molar-refractivity contribution in [2.75, 3.05) is 13.2 Å². The first-order chi connectivity index (χ1) is 17.5. The second-order valence-corrected chi connectivity index (χ2v) is 9.86. The molecule has 0 atom stereocenters. The minimum Gasteiger partial charge on any atom is -0.462 e. The maximum Gasteiger partial charge on any atom is 0.412 e. The van der Waals surface area contributed by atoms with E-state index in [0.29, 0.717) is 22.5 Å². The van der Waals surface area contributed by atoms with Crippen LogP contribution in [0.2, 0.25) is 0 Å². The predicted molar refractivity (Wildman–Crippen MR) is 138 cm³/mol. The highest BCUT2D eigenvalue weighted by molar-refractivity contribution is 6.18. The monoisotopic (exact) mass is 507 g/mol. The van der Waals surface area contributed by atoms with Gasteiger partial charge in [-0.05, 0) is 62.7 Å². The van der Waals surface area contributed by atoms with Crippen LogP contribution in [0.25, 0.3) is 16.5 Å². The maximum atomic E-state index is 13.4. The molecule has 4 rings (SSSR count). The van der Waals surface area contributed by atoms with E-state index in [1.165, 1.54) is 35.4 Å². The van der Waals surface area contributed by atoms with Gasteiger partial charge in [0.1, 0.15) is 11.6 Å². The number of ether oxygens (including phenoxy) is 2. The summed E-state index contributed by atoms with van der Waals surface area (Å²) in [5.41, 5.74) is 1.90. The molecular weight excluding hydrogens is 477 g/mol. The maximum absolute atomic E-state index is 13.4. The molecule has 0 aliphatic carbocycles. The normalized spacial score (nSPS) is 14.6. The lowest BCUT2D eigenvalue weighted by molar-refractivity contribution is -0.136. The fourth-order valence-electron chi connectivity index (χ4n) is 4.54. The highest BCUT2D eigenvalue weighted by Gasteiger charge is 2.37. The molecule has 0 bridgehead atoms. The molecule has 37 heavy (non-hydrogen) atoms. The van der Waals surface area contributed by atoms with E-state index in [2.05, 4.69) is 10.3 Å². The molecule has 0 unspecified atom stereocenters. The molecule has 8 nitrogen and oxygen atoms in total. The Kier molecular flexibility index (Phi) is 7.07. The fourth-order valence-corrected chi connectivity index (χ4v) is 4.54. The number of aromatic amines is 1. The summed E-state index contributed by atoms with van der Waals surface area (Å²) in [5.74, 6) is -1.05. The summed E-state index contributed by atoms with van der Waals surface area (Å²) >= 11 is 0. The van der Waals surface area contributed by atoms with Crippen LogP contribution in [0.5, 0.6) is 5.75 Å². The number of fused-ring (bicyclic) bond motifs is 3. The lowest BCUT2D eigenvalue weighted by Crippen LogP contribution is -2.37. The van der Waals surface area contributed by atoms with Gasteiger partial charge in [-0.3, -0.25) is 4.79 Å². The molecule has 2 N–H and O–H groups in total. The molecule has 3 aromatic rings. The number of esters is 1. The standard InChI is InChI=1S/C28H30FN3O5/c1-6-36-26(34)21-14-32(25(33)17-7-9-18(29)10-8-17)15-28(4,5)23-20-12-11-19(13-22(20)31-24(21)23)37-27(35)30-16(2)3/h7-14,16,31H,6,15H2,1-5H3,(H,30,35). The number of nitrogens with one attached hydrogen (secondary N) is 2. The first kappa shape index (κ1) is 25.9. The molecule has 0 saturated heterocycles. The van der Waals surface area contributed by atoms with E-state index in [1.807, 2.05) is 33.8 Å². The largest absolute Gasteiger partial charge is 0.462 e. The van der Waals surface area contributed by atoms with Gasteiger partial charge in [-0.2, -0.15) is 0 Å². The third kappa shape index (κ3) is 5.35. The summed E-state index contributed by atoms with van der Waals surface area (Å²) in [6, 6.07) is 10.4. The number of hydrogen-bond donors (Lipinski definition) is 2. The van der Waals surface area contributed by atoms with Crippen molar-refractivity contribution >= 4 is 34.4 Å². The van der Waals surface area contributed by atoms with Gasteiger partial charge in [-0.1, -0.05) is 13.8 Å². The van der Waals surface area contributed by atoms with E-state index < -0.39 is 23.3 Å². The SMILES string of the molecule is CCOC(=O)C1=CN(C(=O)c2ccc(F)cc2)CC(C)(C)c2c1[nH]c1cc(OC(=O)NC(C)C)ccc21. The lowest BCUT2D eigenvalue weighted by Gasteiger charge is -2.29. The highest BCUT2D eigenvalue weighted by Crippen LogP contribution is 2.41. The van der Waals surface area contributed by atoms with Gasteiger partial charge < -0.3 is 24.7 Å². The summed E-state index contributed by atoms with van der Waals surface area (Å²) in [6.45, 7) is 9.74. The minimum absolute atomic E-state index is 0.0728. The molecule has 9 heteroatoms. The second-order valence-electron chi connectivity index (χ2n) is 9.86. The van der Waals surface area contributed by atoms with Crippen LogP contribution in [0.15, 0.2) is 48.7 Å². The van der Waals surface area contributed by atoms with E-state index in [1.54, 1.807) is 19.1 Å². The molecule has 0 spiro atoms. The number of H-pyrrole nitrogens is 1. The van der Waals surface area contributed by atoms with Crippen molar-refractivity contribution in [1.82, 2.24) is 15.2 Å². The van der Waals surface area contributed by atoms with Crippen molar-refractivity contribution in [3.05, 3.63) is 71.3 Å².